The number of nitrogens with zero attached hydrogens (tertiary/aromatic N) is 1. The van der Waals surface area contributed by atoms with Crippen LogP contribution in [0.3, 0.4) is 0 Å². The van der Waals surface area contributed by atoms with Crippen molar-refractivity contribution in [3.05, 3.63) is 30.1 Å². The fourth-order valence-electron chi connectivity index (χ4n) is 1.77. The van der Waals surface area contributed by atoms with Gasteiger partial charge in [0.2, 0.25) is 5.91 Å². The van der Waals surface area contributed by atoms with Crippen molar-refractivity contribution in [2.24, 2.45) is 0 Å². The lowest BCUT2D eigenvalue weighted by Crippen LogP contribution is -2.41. The first kappa shape index (κ1) is 12.5. The van der Waals surface area contributed by atoms with E-state index in [0.29, 0.717) is 5.69 Å². The van der Waals surface area contributed by atoms with Gasteiger partial charge < -0.3 is 10.1 Å². The van der Waals surface area contributed by atoms with Crippen LogP contribution in [0.5, 0.6) is 0 Å². The molecule has 1 aromatic carbocycles. The third kappa shape index (κ3) is 2.48. The van der Waals surface area contributed by atoms with Gasteiger partial charge in [-0.1, -0.05) is 0 Å². The number of imide groups is 1. The van der Waals surface area contributed by atoms with Crippen LogP contribution >= 0.6 is 0 Å². The van der Waals surface area contributed by atoms with Crippen LogP contribution in [0.4, 0.5) is 14.9 Å². The summed E-state index contributed by atoms with van der Waals surface area (Å²) in [5, 5.41) is 2.59. The molecule has 0 spiro atoms. The van der Waals surface area contributed by atoms with Crippen LogP contribution in [0.25, 0.3) is 0 Å². The largest absolute Gasteiger partial charge is 0.379 e. The van der Waals surface area contributed by atoms with Crippen molar-refractivity contribution in [3.8, 4) is 0 Å². The minimum Gasteiger partial charge on any atom is -0.379 e. The number of nitrogens with one attached hydrogen (secondary N) is 1. The number of halogens is 1. The molecule has 0 bridgehead atoms. The third-order valence-electron chi connectivity index (χ3n) is 2.75. The summed E-state index contributed by atoms with van der Waals surface area (Å²) >= 11 is 0. The summed E-state index contributed by atoms with van der Waals surface area (Å²) in [6.07, 6.45) is -0.237. The van der Waals surface area contributed by atoms with Gasteiger partial charge in [0, 0.05) is 13.7 Å². The third-order valence-corrected chi connectivity index (χ3v) is 2.75. The van der Waals surface area contributed by atoms with Crippen LogP contribution in [0.15, 0.2) is 24.3 Å². The second-order valence-electron chi connectivity index (χ2n) is 3.95. The molecule has 1 aliphatic heterocycles. The molecule has 18 heavy (non-hydrogen) atoms. The molecular formula is C12H13FN2O3. The first-order valence-electron chi connectivity index (χ1n) is 5.51. The van der Waals surface area contributed by atoms with Crippen LogP contribution in [-0.4, -0.2) is 31.7 Å². The second kappa shape index (κ2) is 5.14. The van der Waals surface area contributed by atoms with E-state index in [1.54, 1.807) is 0 Å². The number of hydrogen-bond donors (Lipinski definition) is 1. The standard InChI is InChI=1S/C12H13FN2O3/c1-18-10-6-11(16)15(12(17)14-7-10)9-4-2-8(13)3-5-9/h2-5,10H,6-7H2,1H3,(H,14,17). The van der Waals surface area contributed by atoms with Gasteiger partial charge >= 0.3 is 6.03 Å². The molecule has 1 heterocycles. The van der Waals surface area contributed by atoms with E-state index in [-0.39, 0.29) is 25.0 Å². The summed E-state index contributed by atoms with van der Waals surface area (Å²) in [6.45, 7) is 0.277. The number of rotatable bonds is 2. The SMILES string of the molecule is COC1CNC(=O)N(c2ccc(F)cc2)C(=O)C1. The van der Waals surface area contributed by atoms with Gasteiger partial charge in [0.25, 0.3) is 0 Å². The first-order valence-corrected chi connectivity index (χ1v) is 5.51. The highest BCUT2D eigenvalue weighted by molar-refractivity contribution is 6.14. The van der Waals surface area contributed by atoms with E-state index < -0.39 is 11.8 Å². The molecule has 1 saturated heterocycles. The fourth-order valence-corrected chi connectivity index (χ4v) is 1.77. The summed E-state index contributed by atoms with van der Waals surface area (Å²) in [5.74, 6) is -0.792. The average Bonchev–Trinajstić information content (AvgIpc) is 2.50. The maximum atomic E-state index is 12.8. The Morgan fingerprint density at radius 1 is 1.33 bits per heavy atom. The molecule has 5 nitrogen and oxygen atoms in total. The van der Waals surface area contributed by atoms with Crippen LogP contribution < -0.4 is 10.2 Å². The minimum absolute atomic E-state index is 0.104. The van der Waals surface area contributed by atoms with Crippen molar-refractivity contribution in [1.82, 2.24) is 5.32 Å². The Morgan fingerprint density at radius 2 is 2.00 bits per heavy atom. The highest BCUT2D eigenvalue weighted by Crippen LogP contribution is 2.18. The van der Waals surface area contributed by atoms with Gasteiger partial charge in [0.1, 0.15) is 5.82 Å². The number of benzene rings is 1. The monoisotopic (exact) mass is 252 g/mol. The van der Waals surface area contributed by atoms with Crippen LogP contribution in [-0.2, 0) is 9.53 Å². The molecule has 1 aliphatic rings. The van der Waals surface area contributed by atoms with E-state index >= 15 is 0 Å². The van der Waals surface area contributed by atoms with E-state index in [9.17, 15) is 14.0 Å². The van der Waals surface area contributed by atoms with Crippen molar-refractivity contribution in [2.75, 3.05) is 18.6 Å². The van der Waals surface area contributed by atoms with E-state index in [4.69, 9.17) is 4.74 Å². The Labute approximate surface area is 104 Å². The zero-order chi connectivity index (χ0) is 13.1. The van der Waals surface area contributed by atoms with Crippen molar-refractivity contribution >= 4 is 17.6 Å². The number of anilines is 1. The molecule has 1 unspecified atom stereocenters. The molecule has 1 aromatic rings. The van der Waals surface area contributed by atoms with Crippen molar-refractivity contribution in [2.45, 2.75) is 12.5 Å². The maximum Gasteiger partial charge on any atom is 0.328 e. The van der Waals surface area contributed by atoms with Gasteiger partial charge in [-0.3, -0.25) is 4.79 Å². The van der Waals surface area contributed by atoms with Gasteiger partial charge in [-0.25, -0.2) is 14.1 Å². The van der Waals surface area contributed by atoms with E-state index in [1.165, 1.54) is 31.4 Å². The van der Waals surface area contributed by atoms with E-state index in [1.807, 2.05) is 0 Å². The van der Waals surface area contributed by atoms with Gasteiger partial charge in [0.15, 0.2) is 0 Å². The molecule has 2 rings (SSSR count). The normalized spacial score (nSPS) is 20.6. The van der Waals surface area contributed by atoms with Crippen molar-refractivity contribution in [3.63, 3.8) is 0 Å². The van der Waals surface area contributed by atoms with Crippen molar-refractivity contribution < 1.29 is 18.7 Å². The van der Waals surface area contributed by atoms with Gasteiger partial charge in [-0.15, -0.1) is 0 Å². The lowest BCUT2D eigenvalue weighted by Gasteiger charge is -2.18. The Morgan fingerprint density at radius 3 is 2.61 bits per heavy atom. The highest BCUT2D eigenvalue weighted by Gasteiger charge is 2.30. The van der Waals surface area contributed by atoms with Gasteiger partial charge in [-0.05, 0) is 24.3 Å². The quantitative estimate of drug-likeness (QED) is 0.862. The highest BCUT2D eigenvalue weighted by atomic mass is 19.1. The number of carbonyl (C=O) groups is 2. The summed E-state index contributed by atoms with van der Waals surface area (Å²) in [7, 11) is 1.48. The molecule has 0 aromatic heterocycles. The molecule has 1 N–H and O–H groups in total. The van der Waals surface area contributed by atoms with Crippen molar-refractivity contribution in [1.29, 1.82) is 0 Å². The summed E-state index contributed by atoms with van der Waals surface area (Å²) in [6, 6.07) is 4.66. The molecule has 3 amide bonds. The zero-order valence-electron chi connectivity index (χ0n) is 9.85. The Hall–Kier alpha value is -1.95. The molecule has 0 aliphatic carbocycles. The summed E-state index contributed by atoms with van der Waals surface area (Å²) in [5.41, 5.74) is 0.343. The topological polar surface area (TPSA) is 58.6 Å². The van der Waals surface area contributed by atoms with Gasteiger partial charge in [0.05, 0.1) is 18.2 Å². The van der Waals surface area contributed by atoms with E-state index in [0.717, 1.165) is 4.90 Å². The van der Waals surface area contributed by atoms with E-state index in [2.05, 4.69) is 5.32 Å². The summed E-state index contributed by atoms with van der Waals surface area (Å²) < 4.78 is 17.9. The van der Waals surface area contributed by atoms with Crippen LogP contribution in [0.1, 0.15) is 6.42 Å². The number of ether oxygens (including phenoxy) is 1. The Bertz CT molecular complexity index is 461. The second-order valence-corrected chi connectivity index (χ2v) is 3.95. The number of urea groups is 1. The first-order chi connectivity index (χ1) is 8.61. The number of carbonyl (C=O) groups excluding carboxylic acids is 2. The molecule has 0 radical (unpaired) electrons. The lowest BCUT2D eigenvalue weighted by molar-refractivity contribution is -0.119. The average molecular weight is 252 g/mol. The van der Waals surface area contributed by atoms with Crippen LogP contribution in [0.2, 0.25) is 0 Å². The number of amides is 3. The Kier molecular flexibility index (Phi) is 3.57. The molecule has 6 heteroatoms. The molecular weight excluding hydrogens is 239 g/mol. The molecule has 1 atom stereocenters. The maximum absolute atomic E-state index is 12.8. The molecule has 96 valence electrons. The van der Waals surface area contributed by atoms with Gasteiger partial charge in [-0.2, -0.15) is 0 Å². The Balaban J connectivity index is 2.27. The zero-order valence-corrected chi connectivity index (χ0v) is 9.85. The molecule has 0 saturated carbocycles. The summed E-state index contributed by atoms with van der Waals surface area (Å²) in [4.78, 5) is 24.8. The smallest absolute Gasteiger partial charge is 0.328 e. The fraction of sp³-hybridized carbons (Fsp3) is 0.333. The predicted molar refractivity (Wildman–Crippen MR) is 62.7 cm³/mol. The lowest BCUT2D eigenvalue weighted by atomic mass is 10.2. The number of methoxy groups -OCH3 is 1. The number of hydrogen-bond acceptors (Lipinski definition) is 3. The van der Waals surface area contributed by atoms with Crippen LogP contribution in [0, 0.1) is 5.82 Å². The molecule has 1 fully saturated rings. The predicted octanol–water partition coefficient (Wildman–Crippen LogP) is 1.29. The minimum atomic E-state index is -0.522.